The van der Waals surface area contributed by atoms with Gasteiger partial charge in [-0.15, -0.1) is 0 Å². The lowest BCUT2D eigenvalue weighted by Crippen LogP contribution is -1.98. The van der Waals surface area contributed by atoms with E-state index in [1.807, 2.05) is 19.1 Å². The Kier molecular flexibility index (Phi) is 2.18. The Morgan fingerprint density at radius 3 is 3.14 bits per heavy atom. The molecular formula is C10H11N3O. The van der Waals surface area contributed by atoms with Gasteiger partial charge in [0.05, 0.1) is 17.8 Å². The van der Waals surface area contributed by atoms with E-state index in [1.54, 1.807) is 12.3 Å². The fourth-order valence-corrected chi connectivity index (χ4v) is 1.28. The van der Waals surface area contributed by atoms with Crippen molar-refractivity contribution in [1.29, 1.82) is 0 Å². The van der Waals surface area contributed by atoms with E-state index in [4.69, 9.17) is 10.5 Å². The lowest BCUT2D eigenvalue weighted by molar-refractivity contribution is 0.328. The monoisotopic (exact) mass is 189 g/mol. The molecule has 2 rings (SSSR count). The lowest BCUT2D eigenvalue weighted by atomic mass is 10.3. The zero-order chi connectivity index (χ0) is 9.97. The van der Waals surface area contributed by atoms with Crippen molar-refractivity contribution in [3.8, 4) is 5.88 Å². The highest BCUT2D eigenvalue weighted by molar-refractivity contribution is 5.86. The number of pyridine rings is 2. The normalized spacial score (nSPS) is 10.4. The van der Waals surface area contributed by atoms with E-state index < -0.39 is 0 Å². The second-order valence-electron chi connectivity index (χ2n) is 2.85. The summed E-state index contributed by atoms with van der Waals surface area (Å²) in [6.45, 7) is 2.49. The molecule has 2 N–H and O–H groups in total. The van der Waals surface area contributed by atoms with Crippen molar-refractivity contribution < 1.29 is 4.74 Å². The average molecular weight is 189 g/mol. The SMILES string of the molecule is CCOc1cc(N)c2ncccc2n1. The Morgan fingerprint density at radius 2 is 2.36 bits per heavy atom. The van der Waals surface area contributed by atoms with Crippen molar-refractivity contribution in [1.82, 2.24) is 9.97 Å². The van der Waals surface area contributed by atoms with Gasteiger partial charge in [0.1, 0.15) is 5.52 Å². The second-order valence-corrected chi connectivity index (χ2v) is 2.85. The number of anilines is 1. The lowest BCUT2D eigenvalue weighted by Gasteiger charge is -2.05. The first-order chi connectivity index (χ1) is 6.81. The van der Waals surface area contributed by atoms with Crippen LogP contribution in [0.5, 0.6) is 5.88 Å². The molecule has 0 saturated heterocycles. The van der Waals surface area contributed by atoms with Crippen LogP contribution in [0.15, 0.2) is 24.4 Å². The third kappa shape index (κ3) is 1.46. The van der Waals surface area contributed by atoms with Crippen molar-refractivity contribution in [3.63, 3.8) is 0 Å². The molecule has 4 nitrogen and oxygen atoms in total. The van der Waals surface area contributed by atoms with Gasteiger partial charge in [-0.1, -0.05) is 0 Å². The number of hydrogen-bond donors (Lipinski definition) is 1. The number of fused-ring (bicyclic) bond motifs is 1. The standard InChI is InChI=1S/C10H11N3O/c1-2-14-9-6-7(11)10-8(13-9)4-3-5-12-10/h3-6H,2H2,1H3,(H2,11,13). The van der Waals surface area contributed by atoms with Gasteiger partial charge in [-0.25, -0.2) is 4.98 Å². The number of nitrogens with zero attached hydrogens (tertiary/aromatic N) is 2. The fourth-order valence-electron chi connectivity index (χ4n) is 1.28. The van der Waals surface area contributed by atoms with Gasteiger partial charge in [-0.05, 0) is 19.1 Å². The Bertz CT molecular complexity index is 456. The highest BCUT2D eigenvalue weighted by atomic mass is 16.5. The number of hydrogen-bond acceptors (Lipinski definition) is 4. The summed E-state index contributed by atoms with van der Waals surface area (Å²) < 4.78 is 5.28. The topological polar surface area (TPSA) is 61.0 Å². The van der Waals surface area contributed by atoms with Gasteiger partial charge in [0.25, 0.3) is 0 Å². The molecule has 0 amide bonds. The number of aromatic nitrogens is 2. The molecule has 72 valence electrons. The number of nitrogen functional groups attached to an aromatic ring is 1. The summed E-state index contributed by atoms with van der Waals surface area (Å²) in [5, 5.41) is 0. The Labute approximate surface area is 81.7 Å². The van der Waals surface area contributed by atoms with Crippen LogP contribution in [0.25, 0.3) is 11.0 Å². The maximum atomic E-state index is 5.80. The van der Waals surface area contributed by atoms with Crippen LogP contribution in [0.2, 0.25) is 0 Å². The van der Waals surface area contributed by atoms with E-state index in [0.717, 1.165) is 11.0 Å². The van der Waals surface area contributed by atoms with Gasteiger partial charge in [0, 0.05) is 12.3 Å². The van der Waals surface area contributed by atoms with E-state index in [2.05, 4.69) is 9.97 Å². The van der Waals surface area contributed by atoms with Crippen molar-refractivity contribution in [2.45, 2.75) is 6.92 Å². The highest BCUT2D eigenvalue weighted by Crippen LogP contribution is 2.21. The molecule has 0 aliphatic heterocycles. The van der Waals surface area contributed by atoms with Crippen LogP contribution >= 0.6 is 0 Å². The first-order valence-electron chi connectivity index (χ1n) is 4.45. The summed E-state index contributed by atoms with van der Waals surface area (Å²) in [5.74, 6) is 0.547. The molecule has 0 saturated carbocycles. The first-order valence-corrected chi connectivity index (χ1v) is 4.45. The molecule has 0 atom stereocenters. The zero-order valence-corrected chi connectivity index (χ0v) is 7.90. The second kappa shape index (κ2) is 3.49. The zero-order valence-electron chi connectivity index (χ0n) is 7.90. The van der Waals surface area contributed by atoms with Crippen molar-refractivity contribution in [2.24, 2.45) is 0 Å². The Hall–Kier alpha value is -1.84. The van der Waals surface area contributed by atoms with E-state index >= 15 is 0 Å². The minimum absolute atomic E-state index is 0.547. The summed E-state index contributed by atoms with van der Waals surface area (Å²) in [5.41, 5.74) is 7.88. The number of rotatable bonds is 2. The molecular weight excluding hydrogens is 178 g/mol. The minimum Gasteiger partial charge on any atom is -0.478 e. The molecule has 14 heavy (non-hydrogen) atoms. The van der Waals surface area contributed by atoms with E-state index in [9.17, 15) is 0 Å². The molecule has 2 aromatic heterocycles. The molecule has 2 heterocycles. The predicted molar refractivity (Wildman–Crippen MR) is 55.1 cm³/mol. The van der Waals surface area contributed by atoms with Crippen molar-refractivity contribution >= 4 is 16.7 Å². The largest absolute Gasteiger partial charge is 0.478 e. The van der Waals surface area contributed by atoms with E-state index in [0.29, 0.717) is 18.2 Å². The maximum absolute atomic E-state index is 5.80. The summed E-state index contributed by atoms with van der Waals surface area (Å²) >= 11 is 0. The fraction of sp³-hybridized carbons (Fsp3) is 0.200. The van der Waals surface area contributed by atoms with E-state index in [1.165, 1.54) is 0 Å². The summed E-state index contributed by atoms with van der Waals surface area (Å²) in [6, 6.07) is 5.38. The van der Waals surface area contributed by atoms with Crippen LogP contribution in [0.3, 0.4) is 0 Å². The van der Waals surface area contributed by atoms with Crippen LogP contribution < -0.4 is 10.5 Å². The van der Waals surface area contributed by atoms with Crippen LogP contribution in [-0.2, 0) is 0 Å². The molecule has 0 fully saturated rings. The Balaban J connectivity index is 2.60. The van der Waals surface area contributed by atoms with E-state index in [-0.39, 0.29) is 0 Å². The van der Waals surface area contributed by atoms with Gasteiger partial charge in [-0.3, -0.25) is 4.98 Å². The molecule has 0 radical (unpaired) electrons. The maximum Gasteiger partial charge on any atom is 0.215 e. The average Bonchev–Trinajstić information content (AvgIpc) is 2.18. The summed E-state index contributed by atoms with van der Waals surface area (Å²) in [4.78, 5) is 8.40. The molecule has 0 spiro atoms. The molecule has 0 unspecified atom stereocenters. The number of nitrogens with two attached hydrogens (primary N) is 1. The van der Waals surface area contributed by atoms with Crippen molar-refractivity contribution in [3.05, 3.63) is 24.4 Å². The van der Waals surface area contributed by atoms with Gasteiger partial charge < -0.3 is 10.5 Å². The van der Waals surface area contributed by atoms with Gasteiger partial charge >= 0.3 is 0 Å². The van der Waals surface area contributed by atoms with Gasteiger partial charge in [0.2, 0.25) is 5.88 Å². The van der Waals surface area contributed by atoms with Crippen LogP contribution in [-0.4, -0.2) is 16.6 Å². The van der Waals surface area contributed by atoms with Crippen LogP contribution in [0, 0.1) is 0 Å². The highest BCUT2D eigenvalue weighted by Gasteiger charge is 2.03. The predicted octanol–water partition coefficient (Wildman–Crippen LogP) is 1.61. The molecule has 2 aromatic rings. The van der Waals surface area contributed by atoms with Gasteiger partial charge in [-0.2, -0.15) is 0 Å². The Morgan fingerprint density at radius 1 is 1.50 bits per heavy atom. The third-order valence-corrected chi connectivity index (χ3v) is 1.86. The molecule has 0 aliphatic carbocycles. The summed E-state index contributed by atoms with van der Waals surface area (Å²) in [6.07, 6.45) is 1.70. The first kappa shape index (κ1) is 8.74. The number of ether oxygens (including phenoxy) is 1. The summed E-state index contributed by atoms with van der Waals surface area (Å²) in [7, 11) is 0. The molecule has 0 bridgehead atoms. The quantitative estimate of drug-likeness (QED) is 0.779. The smallest absolute Gasteiger partial charge is 0.215 e. The minimum atomic E-state index is 0.547. The molecule has 4 heteroatoms. The van der Waals surface area contributed by atoms with Gasteiger partial charge in [0.15, 0.2) is 0 Å². The van der Waals surface area contributed by atoms with Crippen LogP contribution in [0.4, 0.5) is 5.69 Å². The molecule has 0 aromatic carbocycles. The third-order valence-electron chi connectivity index (χ3n) is 1.86. The van der Waals surface area contributed by atoms with Crippen molar-refractivity contribution in [2.75, 3.05) is 12.3 Å². The van der Waals surface area contributed by atoms with Crippen LogP contribution in [0.1, 0.15) is 6.92 Å². The molecule has 0 aliphatic rings.